The summed E-state index contributed by atoms with van der Waals surface area (Å²) in [4.78, 5) is 14.8. The maximum atomic E-state index is 10.7. The van der Waals surface area contributed by atoms with Crippen molar-refractivity contribution >= 4 is 5.97 Å². The van der Waals surface area contributed by atoms with Gasteiger partial charge in [0.1, 0.15) is 18.1 Å². The van der Waals surface area contributed by atoms with Gasteiger partial charge in [-0.15, -0.1) is 0 Å². The molecule has 106 valence electrons. The van der Waals surface area contributed by atoms with Crippen LogP contribution in [0.2, 0.25) is 0 Å². The lowest BCUT2D eigenvalue weighted by atomic mass is 10.2. The molecule has 1 aromatic carbocycles. The fourth-order valence-corrected chi connectivity index (χ4v) is 1.61. The van der Waals surface area contributed by atoms with Crippen LogP contribution in [0.4, 0.5) is 0 Å². The molecular formula is C14H16N2O4. The molecule has 0 bridgehead atoms. The van der Waals surface area contributed by atoms with Crippen LogP contribution in [0.25, 0.3) is 0 Å². The molecule has 6 heteroatoms. The average Bonchev–Trinajstić information content (AvgIpc) is 2.84. The maximum absolute atomic E-state index is 10.7. The van der Waals surface area contributed by atoms with Crippen LogP contribution < -0.4 is 10.1 Å². The minimum absolute atomic E-state index is 0.245. The van der Waals surface area contributed by atoms with Crippen molar-refractivity contribution in [1.29, 1.82) is 0 Å². The SMILES string of the molecule is Cc1cnc(CNCCOc2ccc(C(=O)O)cc2)o1. The standard InChI is InChI=1S/C14H16N2O4/c1-10-8-16-13(20-10)9-15-6-7-19-12-4-2-11(3-5-12)14(17)18/h2-5,8,15H,6-7,9H2,1H3,(H,17,18). The van der Waals surface area contributed by atoms with Crippen LogP contribution >= 0.6 is 0 Å². The van der Waals surface area contributed by atoms with Gasteiger partial charge in [-0.25, -0.2) is 9.78 Å². The number of rotatable bonds is 7. The van der Waals surface area contributed by atoms with Crippen LogP contribution in [0.5, 0.6) is 5.75 Å². The number of aryl methyl sites for hydroxylation is 1. The second kappa shape index (κ2) is 6.72. The topological polar surface area (TPSA) is 84.6 Å². The number of nitrogens with one attached hydrogen (secondary N) is 1. The van der Waals surface area contributed by atoms with Gasteiger partial charge in [-0.2, -0.15) is 0 Å². The van der Waals surface area contributed by atoms with Gasteiger partial charge in [0.2, 0.25) is 5.89 Å². The van der Waals surface area contributed by atoms with Gasteiger partial charge in [0, 0.05) is 6.54 Å². The van der Waals surface area contributed by atoms with E-state index >= 15 is 0 Å². The number of carbonyl (C=O) groups is 1. The first-order valence-electron chi connectivity index (χ1n) is 6.23. The highest BCUT2D eigenvalue weighted by atomic mass is 16.5. The van der Waals surface area contributed by atoms with Gasteiger partial charge < -0.3 is 19.6 Å². The monoisotopic (exact) mass is 276 g/mol. The highest BCUT2D eigenvalue weighted by Crippen LogP contribution is 2.11. The van der Waals surface area contributed by atoms with Gasteiger partial charge in [-0.1, -0.05) is 0 Å². The molecule has 2 rings (SSSR count). The average molecular weight is 276 g/mol. The number of aromatic nitrogens is 1. The minimum atomic E-state index is -0.945. The molecule has 0 aliphatic rings. The Balaban J connectivity index is 1.66. The lowest BCUT2D eigenvalue weighted by Gasteiger charge is -2.06. The number of benzene rings is 1. The fourth-order valence-electron chi connectivity index (χ4n) is 1.61. The zero-order chi connectivity index (χ0) is 14.4. The lowest BCUT2D eigenvalue weighted by Crippen LogP contribution is -2.20. The second-order valence-electron chi connectivity index (χ2n) is 4.22. The van der Waals surface area contributed by atoms with Crippen LogP contribution in [0.3, 0.4) is 0 Å². The van der Waals surface area contributed by atoms with E-state index in [4.69, 9.17) is 14.3 Å². The molecule has 0 radical (unpaired) electrons. The number of ether oxygens (including phenoxy) is 1. The van der Waals surface area contributed by atoms with Crippen LogP contribution in [0.1, 0.15) is 22.0 Å². The van der Waals surface area contributed by atoms with E-state index in [2.05, 4.69) is 10.3 Å². The quantitative estimate of drug-likeness (QED) is 0.751. The van der Waals surface area contributed by atoms with Crippen LogP contribution in [-0.4, -0.2) is 29.2 Å². The minimum Gasteiger partial charge on any atom is -0.492 e. The zero-order valence-corrected chi connectivity index (χ0v) is 11.1. The lowest BCUT2D eigenvalue weighted by molar-refractivity contribution is 0.0697. The third-order valence-electron chi connectivity index (χ3n) is 2.59. The summed E-state index contributed by atoms with van der Waals surface area (Å²) in [5.41, 5.74) is 0.245. The molecule has 1 aromatic heterocycles. The molecule has 1 heterocycles. The zero-order valence-electron chi connectivity index (χ0n) is 11.1. The number of carboxylic acids is 1. The predicted octanol–water partition coefficient (Wildman–Crippen LogP) is 1.85. The molecule has 0 fully saturated rings. The van der Waals surface area contributed by atoms with E-state index in [-0.39, 0.29) is 5.56 Å². The third kappa shape index (κ3) is 4.10. The molecule has 20 heavy (non-hydrogen) atoms. The molecule has 0 aliphatic heterocycles. The Kier molecular flexibility index (Phi) is 4.73. The van der Waals surface area contributed by atoms with Crippen molar-refractivity contribution < 1.29 is 19.1 Å². The summed E-state index contributed by atoms with van der Waals surface area (Å²) >= 11 is 0. The van der Waals surface area contributed by atoms with Crippen molar-refractivity contribution in [2.75, 3.05) is 13.2 Å². The molecule has 0 spiro atoms. The van der Waals surface area contributed by atoms with E-state index in [1.807, 2.05) is 6.92 Å². The van der Waals surface area contributed by atoms with E-state index in [0.717, 1.165) is 5.76 Å². The number of nitrogens with zero attached hydrogens (tertiary/aromatic N) is 1. The molecule has 0 atom stereocenters. The normalized spacial score (nSPS) is 10.4. The first-order valence-corrected chi connectivity index (χ1v) is 6.23. The Labute approximate surface area is 116 Å². The summed E-state index contributed by atoms with van der Waals surface area (Å²) in [7, 11) is 0. The molecule has 0 saturated heterocycles. The molecule has 0 saturated carbocycles. The maximum Gasteiger partial charge on any atom is 0.335 e. The largest absolute Gasteiger partial charge is 0.492 e. The number of hydrogen-bond acceptors (Lipinski definition) is 5. The highest BCUT2D eigenvalue weighted by Gasteiger charge is 2.02. The molecule has 0 aliphatic carbocycles. The summed E-state index contributed by atoms with van der Waals surface area (Å²) in [6.07, 6.45) is 1.68. The van der Waals surface area contributed by atoms with Gasteiger partial charge in [0.15, 0.2) is 0 Å². The Hall–Kier alpha value is -2.34. The van der Waals surface area contributed by atoms with Gasteiger partial charge in [0.25, 0.3) is 0 Å². The van der Waals surface area contributed by atoms with Crippen LogP contribution in [0.15, 0.2) is 34.9 Å². The second-order valence-corrected chi connectivity index (χ2v) is 4.22. The van der Waals surface area contributed by atoms with Crippen molar-refractivity contribution in [3.8, 4) is 5.75 Å². The summed E-state index contributed by atoms with van der Waals surface area (Å²) < 4.78 is 10.8. The smallest absolute Gasteiger partial charge is 0.335 e. The van der Waals surface area contributed by atoms with Crippen molar-refractivity contribution in [2.24, 2.45) is 0 Å². The summed E-state index contributed by atoms with van der Waals surface area (Å²) in [5, 5.41) is 11.9. The van der Waals surface area contributed by atoms with E-state index in [9.17, 15) is 4.79 Å². The van der Waals surface area contributed by atoms with Crippen molar-refractivity contribution in [3.63, 3.8) is 0 Å². The first-order chi connectivity index (χ1) is 9.65. The molecule has 2 N–H and O–H groups in total. The Morgan fingerprint density at radius 2 is 2.15 bits per heavy atom. The van der Waals surface area contributed by atoms with E-state index in [1.165, 1.54) is 12.1 Å². The van der Waals surface area contributed by atoms with Gasteiger partial charge in [-0.3, -0.25) is 0 Å². The number of carboxylic acid groups (broad SMARTS) is 1. The van der Waals surface area contributed by atoms with E-state index < -0.39 is 5.97 Å². The predicted molar refractivity (Wildman–Crippen MR) is 71.8 cm³/mol. The molecule has 0 unspecified atom stereocenters. The number of oxazole rings is 1. The van der Waals surface area contributed by atoms with E-state index in [1.54, 1.807) is 18.3 Å². The first kappa shape index (κ1) is 14.1. The van der Waals surface area contributed by atoms with Gasteiger partial charge >= 0.3 is 5.97 Å². The van der Waals surface area contributed by atoms with Gasteiger partial charge in [-0.05, 0) is 31.2 Å². The molecule has 0 amide bonds. The van der Waals surface area contributed by atoms with Crippen molar-refractivity contribution in [1.82, 2.24) is 10.3 Å². The Bertz CT molecular complexity index is 563. The van der Waals surface area contributed by atoms with Gasteiger partial charge in [0.05, 0.1) is 18.3 Å². The molecule has 6 nitrogen and oxygen atoms in total. The third-order valence-corrected chi connectivity index (χ3v) is 2.59. The van der Waals surface area contributed by atoms with Crippen LogP contribution in [0, 0.1) is 6.92 Å². The van der Waals surface area contributed by atoms with Crippen LogP contribution in [-0.2, 0) is 6.54 Å². The summed E-state index contributed by atoms with van der Waals surface area (Å²) in [6.45, 7) is 3.52. The van der Waals surface area contributed by atoms with Crippen molar-refractivity contribution in [2.45, 2.75) is 13.5 Å². The molecular weight excluding hydrogens is 260 g/mol. The summed E-state index contributed by atoms with van der Waals surface area (Å²) in [6, 6.07) is 6.31. The van der Waals surface area contributed by atoms with Crippen molar-refractivity contribution in [3.05, 3.63) is 47.7 Å². The fraction of sp³-hybridized carbons (Fsp3) is 0.286. The number of aromatic carboxylic acids is 1. The Morgan fingerprint density at radius 1 is 1.40 bits per heavy atom. The molecule has 2 aromatic rings. The highest BCUT2D eigenvalue weighted by molar-refractivity contribution is 5.87. The van der Waals surface area contributed by atoms with E-state index in [0.29, 0.717) is 31.3 Å². The summed E-state index contributed by atoms with van der Waals surface area (Å²) in [5.74, 6) is 1.13. The number of hydrogen-bond donors (Lipinski definition) is 2. The Morgan fingerprint density at radius 3 is 2.75 bits per heavy atom.